The van der Waals surface area contributed by atoms with Crippen LogP contribution >= 0.6 is 0 Å². The van der Waals surface area contributed by atoms with Gasteiger partial charge in [0.1, 0.15) is 0 Å². The lowest BCUT2D eigenvalue weighted by Crippen LogP contribution is -2.37. The summed E-state index contributed by atoms with van der Waals surface area (Å²) in [5.74, 6) is 2.10. The summed E-state index contributed by atoms with van der Waals surface area (Å²) in [5.41, 5.74) is 1.20. The highest BCUT2D eigenvalue weighted by Crippen LogP contribution is 2.36. The summed E-state index contributed by atoms with van der Waals surface area (Å²) in [6.45, 7) is 3.16. The zero-order valence-electron chi connectivity index (χ0n) is 12.7. The van der Waals surface area contributed by atoms with Gasteiger partial charge in [-0.2, -0.15) is 0 Å². The minimum atomic E-state index is 0.213. The molecule has 0 spiro atoms. The number of ether oxygens (including phenoxy) is 2. The van der Waals surface area contributed by atoms with Crippen LogP contribution in [0.5, 0.6) is 11.5 Å². The second-order valence-corrected chi connectivity index (χ2v) is 6.39. The number of nitrogens with one attached hydrogen (secondary N) is 1. The molecule has 5 heteroatoms. The molecule has 1 unspecified atom stereocenters. The van der Waals surface area contributed by atoms with Crippen molar-refractivity contribution in [3.8, 4) is 11.5 Å². The smallest absolute Gasteiger partial charge is 0.231 e. The van der Waals surface area contributed by atoms with Crippen molar-refractivity contribution in [3.63, 3.8) is 0 Å². The van der Waals surface area contributed by atoms with Crippen LogP contribution in [0, 0.1) is 5.92 Å². The Kier molecular flexibility index (Phi) is 3.66. The Morgan fingerprint density at radius 2 is 2.00 bits per heavy atom. The SMILES string of the molecule is O=C(NCC(c1ccc2c(c1)OCO2)N1CCCC1)C1CC1. The van der Waals surface area contributed by atoms with E-state index in [1.54, 1.807) is 0 Å². The molecule has 3 aliphatic rings. The summed E-state index contributed by atoms with van der Waals surface area (Å²) in [4.78, 5) is 14.4. The normalized spacial score (nSPS) is 21.8. The molecular weight excluding hydrogens is 280 g/mol. The Morgan fingerprint density at radius 3 is 2.77 bits per heavy atom. The van der Waals surface area contributed by atoms with E-state index in [1.165, 1.54) is 18.4 Å². The molecule has 0 aromatic heterocycles. The Balaban J connectivity index is 1.51. The van der Waals surface area contributed by atoms with Crippen molar-refractivity contribution in [1.29, 1.82) is 0 Å². The third kappa shape index (κ3) is 2.77. The van der Waals surface area contributed by atoms with Gasteiger partial charge in [0.15, 0.2) is 11.5 Å². The van der Waals surface area contributed by atoms with Crippen LogP contribution in [0.2, 0.25) is 0 Å². The first-order chi connectivity index (χ1) is 10.8. The van der Waals surface area contributed by atoms with Gasteiger partial charge in [-0.05, 0) is 56.5 Å². The minimum absolute atomic E-state index is 0.213. The van der Waals surface area contributed by atoms with Crippen molar-refractivity contribution in [2.24, 2.45) is 5.92 Å². The maximum Gasteiger partial charge on any atom is 0.231 e. The van der Waals surface area contributed by atoms with Crippen LogP contribution in [-0.4, -0.2) is 37.2 Å². The van der Waals surface area contributed by atoms with Gasteiger partial charge in [0.05, 0.1) is 6.04 Å². The first-order valence-corrected chi connectivity index (χ1v) is 8.22. The zero-order valence-corrected chi connectivity index (χ0v) is 12.7. The van der Waals surface area contributed by atoms with E-state index in [-0.39, 0.29) is 17.9 Å². The molecule has 2 fully saturated rings. The van der Waals surface area contributed by atoms with Crippen LogP contribution in [0.25, 0.3) is 0 Å². The second kappa shape index (κ2) is 5.80. The van der Waals surface area contributed by atoms with Crippen molar-refractivity contribution in [3.05, 3.63) is 23.8 Å². The maximum atomic E-state index is 12.0. The molecule has 1 N–H and O–H groups in total. The molecule has 1 amide bonds. The highest BCUT2D eigenvalue weighted by atomic mass is 16.7. The Morgan fingerprint density at radius 1 is 1.23 bits per heavy atom. The highest BCUT2D eigenvalue weighted by Gasteiger charge is 2.31. The number of hydrogen-bond donors (Lipinski definition) is 1. The number of rotatable bonds is 5. The number of likely N-dealkylation sites (tertiary alicyclic amines) is 1. The van der Waals surface area contributed by atoms with Crippen LogP contribution in [-0.2, 0) is 4.79 Å². The van der Waals surface area contributed by atoms with Gasteiger partial charge in [-0.3, -0.25) is 9.69 Å². The highest BCUT2D eigenvalue weighted by molar-refractivity contribution is 5.80. The Hall–Kier alpha value is -1.75. The van der Waals surface area contributed by atoms with Crippen LogP contribution in [0.15, 0.2) is 18.2 Å². The van der Waals surface area contributed by atoms with Gasteiger partial charge in [0.25, 0.3) is 0 Å². The van der Waals surface area contributed by atoms with E-state index < -0.39 is 0 Å². The van der Waals surface area contributed by atoms with Crippen molar-refractivity contribution in [2.45, 2.75) is 31.7 Å². The van der Waals surface area contributed by atoms with E-state index in [2.05, 4.69) is 22.3 Å². The molecule has 22 heavy (non-hydrogen) atoms. The van der Waals surface area contributed by atoms with Gasteiger partial charge >= 0.3 is 0 Å². The first-order valence-electron chi connectivity index (χ1n) is 8.22. The van der Waals surface area contributed by atoms with E-state index >= 15 is 0 Å². The molecule has 1 atom stereocenters. The lowest BCUT2D eigenvalue weighted by atomic mass is 10.0. The summed E-state index contributed by atoms with van der Waals surface area (Å²) < 4.78 is 10.9. The van der Waals surface area contributed by atoms with Crippen LogP contribution < -0.4 is 14.8 Å². The van der Waals surface area contributed by atoms with Gasteiger partial charge in [0.2, 0.25) is 12.7 Å². The summed E-state index contributed by atoms with van der Waals surface area (Å²) in [7, 11) is 0. The minimum Gasteiger partial charge on any atom is -0.454 e. The average Bonchev–Trinajstić information content (AvgIpc) is 3.06. The molecule has 2 heterocycles. The quantitative estimate of drug-likeness (QED) is 0.905. The Labute approximate surface area is 130 Å². The fourth-order valence-electron chi connectivity index (χ4n) is 3.32. The van der Waals surface area contributed by atoms with Crippen LogP contribution in [0.3, 0.4) is 0 Å². The number of hydrogen-bond acceptors (Lipinski definition) is 4. The molecule has 1 saturated carbocycles. The van der Waals surface area contributed by atoms with Crippen molar-refractivity contribution in [1.82, 2.24) is 10.2 Å². The van der Waals surface area contributed by atoms with Gasteiger partial charge in [0, 0.05) is 12.5 Å². The van der Waals surface area contributed by atoms with Gasteiger partial charge in [-0.1, -0.05) is 6.07 Å². The predicted octanol–water partition coefficient (Wildman–Crippen LogP) is 2.08. The standard InChI is InChI=1S/C17H22N2O3/c20-17(12-3-4-12)18-10-14(19-7-1-2-8-19)13-5-6-15-16(9-13)22-11-21-15/h5-6,9,12,14H,1-4,7-8,10-11H2,(H,18,20). The van der Waals surface area contributed by atoms with Crippen molar-refractivity contribution >= 4 is 5.91 Å². The van der Waals surface area contributed by atoms with Gasteiger partial charge in [-0.15, -0.1) is 0 Å². The molecule has 1 aliphatic carbocycles. The monoisotopic (exact) mass is 302 g/mol. The molecule has 1 aromatic rings. The molecule has 118 valence electrons. The molecule has 4 rings (SSSR count). The number of carbonyl (C=O) groups is 1. The average molecular weight is 302 g/mol. The Bertz CT molecular complexity index is 565. The molecule has 0 radical (unpaired) electrons. The largest absolute Gasteiger partial charge is 0.454 e. The molecule has 5 nitrogen and oxygen atoms in total. The number of fused-ring (bicyclic) bond motifs is 1. The van der Waals surface area contributed by atoms with Crippen LogP contribution in [0.4, 0.5) is 0 Å². The van der Waals surface area contributed by atoms with E-state index in [0.29, 0.717) is 13.3 Å². The molecule has 1 saturated heterocycles. The summed E-state index contributed by atoms with van der Waals surface area (Å²) >= 11 is 0. The lowest BCUT2D eigenvalue weighted by molar-refractivity contribution is -0.122. The lowest BCUT2D eigenvalue weighted by Gasteiger charge is -2.28. The van der Waals surface area contributed by atoms with E-state index in [0.717, 1.165) is 37.4 Å². The molecule has 2 aliphatic heterocycles. The van der Waals surface area contributed by atoms with Crippen molar-refractivity contribution < 1.29 is 14.3 Å². The molecule has 1 aromatic carbocycles. The predicted molar refractivity (Wildman–Crippen MR) is 81.8 cm³/mol. The van der Waals surface area contributed by atoms with Gasteiger partial charge < -0.3 is 14.8 Å². The zero-order chi connectivity index (χ0) is 14.9. The van der Waals surface area contributed by atoms with E-state index in [1.807, 2.05) is 6.07 Å². The fourth-order valence-corrected chi connectivity index (χ4v) is 3.32. The third-order valence-corrected chi connectivity index (χ3v) is 4.78. The number of nitrogens with zero attached hydrogens (tertiary/aromatic N) is 1. The van der Waals surface area contributed by atoms with Crippen LogP contribution in [0.1, 0.15) is 37.3 Å². The number of carbonyl (C=O) groups excluding carboxylic acids is 1. The summed E-state index contributed by atoms with van der Waals surface area (Å²) in [6.07, 6.45) is 4.56. The molecular formula is C17H22N2O3. The number of amides is 1. The third-order valence-electron chi connectivity index (χ3n) is 4.78. The van der Waals surface area contributed by atoms with E-state index in [4.69, 9.17) is 9.47 Å². The molecule has 0 bridgehead atoms. The van der Waals surface area contributed by atoms with Crippen molar-refractivity contribution in [2.75, 3.05) is 26.4 Å². The summed E-state index contributed by atoms with van der Waals surface area (Å²) in [6, 6.07) is 6.36. The second-order valence-electron chi connectivity index (χ2n) is 6.39. The van der Waals surface area contributed by atoms with Gasteiger partial charge in [-0.25, -0.2) is 0 Å². The van der Waals surface area contributed by atoms with E-state index in [9.17, 15) is 4.79 Å². The maximum absolute atomic E-state index is 12.0. The topological polar surface area (TPSA) is 50.8 Å². The fraction of sp³-hybridized carbons (Fsp3) is 0.588. The first kappa shape index (κ1) is 13.9. The number of benzene rings is 1. The summed E-state index contributed by atoms with van der Waals surface area (Å²) in [5, 5.41) is 3.14.